The van der Waals surface area contributed by atoms with E-state index in [1.165, 1.54) is 24.0 Å². The van der Waals surface area contributed by atoms with E-state index in [1.807, 2.05) is 20.8 Å². The fourth-order valence-corrected chi connectivity index (χ4v) is 3.09. The minimum atomic E-state index is -0.300. The average Bonchev–Trinajstić information content (AvgIpc) is 3.04. The molecule has 2 radical (unpaired) electrons. The first kappa shape index (κ1) is 29.6. The van der Waals surface area contributed by atoms with Crippen molar-refractivity contribution in [1.82, 2.24) is 0 Å². The Labute approximate surface area is 168 Å². The monoisotopic (exact) mass is 398 g/mol. The number of ketones is 1. The molecule has 0 fully saturated rings. The topological polar surface area (TPSA) is 76.8 Å². The van der Waals surface area contributed by atoms with Crippen LogP contribution in [0.25, 0.3) is 0 Å². The van der Waals surface area contributed by atoms with Crippen LogP contribution in [0.15, 0.2) is 22.8 Å². The van der Waals surface area contributed by atoms with Gasteiger partial charge in [0.1, 0.15) is 0 Å². The molecule has 0 unspecified atom stereocenters. The Morgan fingerprint density at radius 3 is 1.54 bits per heavy atom. The summed E-state index contributed by atoms with van der Waals surface area (Å²) in [5.41, 5.74) is 3.77. The number of carbonyl (C=O) groups excluding carboxylic acids is 1. The van der Waals surface area contributed by atoms with Gasteiger partial charge in [-0.1, -0.05) is 60.1 Å². The molecule has 0 aliphatic heterocycles. The second-order valence-electron chi connectivity index (χ2n) is 8.42. The summed E-state index contributed by atoms with van der Waals surface area (Å²) in [6.07, 6.45) is 6.70. The molecular weight excluding hydrogens is 371 g/mol. The predicted octanol–water partition coefficient (Wildman–Crippen LogP) is 4.77. The van der Waals surface area contributed by atoms with Gasteiger partial charge in [0.05, 0.1) is 0 Å². The molecule has 0 N–H and O–H groups in total. The summed E-state index contributed by atoms with van der Waals surface area (Å²) in [6, 6.07) is 0. The minimum Gasteiger partial charge on any atom is 0 e. The third-order valence-electron chi connectivity index (χ3n) is 4.67. The number of hydrogen-bond donors (Lipinski definition) is 0. The molecule has 0 saturated heterocycles. The van der Waals surface area contributed by atoms with Crippen LogP contribution in [0.1, 0.15) is 61.3 Å². The number of carbonyl (C=O) groups is 1. The average molecular weight is 398 g/mol. The summed E-state index contributed by atoms with van der Waals surface area (Å²) < 4.78 is 22.5. The van der Waals surface area contributed by atoms with Crippen molar-refractivity contribution < 1.29 is 35.8 Å². The molecule has 26 heavy (non-hydrogen) atoms. The molecule has 5 heteroatoms. The summed E-state index contributed by atoms with van der Waals surface area (Å²) in [4.78, 5) is 12.5. The molecular formula is C21H27MnO4. The Kier molecular flexibility index (Phi) is 13.2. The van der Waals surface area contributed by atoms with Crippen molar-refractivity contribution >= 4 is 5.78 Å². The molecule has 0 aromatic carbocycles. The van der Waals surface area contributed by atoms with Crippen LogP contribution >= 0.6 is 0 Å². The molecule has 2 aliphatic rings. The number of Topliss-reactive ketones (excluding diaryl/α,β-unsaturated/α-hetero) is 1. The first-order valence-electron chi connectivity index (χ1n) is 7.93. The van der Waals surface area contributed by atoms with Gasteiger partial charge in [-0.15, -0.1) is 0 Å². The molecule has 4 nitrogen and oxygen atoms in total. The molecule has 0 heterocycles. The molecule has 0 saturated carbocycles. The van der Waals surface area contributed by atoms with Crippen molar-refractivity contribution in [1.29, 1.82) is 0 Å². The molecule has 142 valence electrons. The van der Waals surface area contributed by atoms with Crippen LogP contribution in [-0.2, 0) is 35.8 Å². The van der Waals surface area contributed by atoms with E-state index in [1.54, 1.807) is 0 Å². The van der Waals surface area contributed by atoms with Gasteiger partial charge in [0.15, 0.2) is 5.78 Å². The van der Waals surface area contributed by atoms with Gasteiger partial charge in [-0.3, -0.25) is 4.79 Å². The smallest absolute Gasteiger partial charge is 0 e. The Bertz CT molecular complexity index is 594. The van der Waals surface area contributed by atoms with Crippen molar-refractivity contribution in [2.24, 2.45) is 16.2 Å². The van der Waals surface area contributed by atoms with E-state index in [9.17, 15) is 4.79 Å². The maximum atomic E-state index is 12.5. The predicted molar refractivity (Wildman–Crippen MR) is 92.5 cm³/mol. The summed E-state index contributed by atoms with van der Waals surface area (Å²) in [7, 11) is 0. The molecule has 0 aromatic rings. The molecule has 2 rings (SSSR count). The first-order valence-corrected chi connectivity index (χ1v) is 7.93. The van der Waals surface area contributed by atoms with Crippen LogP contribution in [0, 0.1) is 42.6 Å². The van der Waals surface area contributed by atoms with Crippen LogP contribution in [0.5, 0.6) is 0 Å². The normalized spacial score (nSPS) is 18.6. The van der Waals surface area contributed by atoms with Gasteiger partial charge >= 0.3 is 33.9 Å². The van der Waals surface area contributed by atoms with Crippen molar-refractivity contribution in [3.63, 3.8) is 0 Å². The van der Waals surface area contributed by atoms with Gasteiger partial charge in [0.2, 0.25) is 0 Å². The van der Waals surface area contributed by atoms with Crippen LogP contribution < -0.4 is 0 Å². The summed E-state index contributed by atoms with van der Waals surface area (Å²) in [5.74, 6) is 0.258. The first-order chi connectivity index (χ1) is 11.5. The zero-order valence-electron chi connectivity index (χ0n) is 16.6. The van der Waals surface area contributed by atoms with Crippen molar-refractivity contribution in [3.8, 4) is 0 Å². The summed E-state index contributed by atoms with van der Waals surface area (Å²) in [5, 5.41) is 0. The number of rotatable bonds is 1. The molecule has 0 aromatic heterocycles. The molecule has 0 spiro atoms. The SMILES string of the molecule is CC(C)(C)C(=O)C1=CC2=C([CH]1)C(C)(C)CCC2(C)C.[C-]#[O+].[C-]#[O+].[C-]#[O+].[Mn]. The molecule has 0 bridgehead atoms. The zero-order chi connectivity index (χ0) is 20.6. The third-order valence-corrected chi connectivity index (χ3v) is 4.67. The Hall–Kier alpha value is -1.11. The Balaban J connectivity index is -0.000000686. The van der Waals surface area contributed by atoms with E-state index < -0.39 is 0 Å². The van der Waals surface area contributed by atoms with E-state index in [-0.39, 0.29) is 39.1 Å². The molecule has 2 aliphatic carbocycles. The molecule has 0 amide bonds. The third kappa shape index (κ3) is 6.89. The van der Waals surface area contributed by atoms with Gasteiger partial charge in [-0.05, 0) is 29.2 Å². The Morgan fingerprint density at radius 1 is 0.885 bits per heavy atom. The number of hydrogen-bond acceptors (Lipinski definition) is 1. The standard InChI is InChI=1S/C18H27O.3CO.Mn/c1-16(2,3)15(19)12-10-13-14(11-12)18(6,7)9-8-17(13,4)5;3*1-2;/h10-11H,8-9H2,1-7H3;;;;. The fraction of sp³-hybridized carbons (Fsp3) is 0.571. The quantitative estimate of drug-likeness (QED) is 0.356. The van der Waals surface area contributed by atoms with Crippen LogP contribution in [-0.4, -0.2) is 5.78 Å². The van der Waals surface area contributed by atoms with Crippen LogP contribution in [0.4, 0.5) is 0 Å². The van der Waals surface area contributed by atoms with Gasteiger partial charge in [-0.25, -0.2) is 0 Å². The number of allylic oxidation sites excluding steroid dienone is 4. The van der Waals surface area contributed by atoms with Crippen LogP contribution in [0.3, 0.4) is 0 Å². The minimum absolute atomic E-state index is 0. The zero-order valence-corrected chi connectivity index (χ0v) is 17.8. The van der Waals surface area contributed by atoms with Crippen molar-refractivity contribution in [3.05, 3.63) is 49.2 Å². The van der Waals surface area contributed by atoms with E-state index in [2.05, 4.69) is 60.1 Å². The van der Waals surface area contributed by atoms with E-state index >= 15 is 0 Å². The van der Waals surface area contributed by atoms with Gasteiger partial charge in [0.25, 0.3) is 0 Å². The van der Waals surface area contributed by atoms with Gasteiger partial charge < -0.3 is 0 Å². The second kappa shape index (κ2) is 11.6. The van der Waals surface area contributed by atoms with Crippen molar-refractivity contribution in [2.45, 2.75) is 61.3 Å². The van der Waals surface area contributed by atoms with E-state index in [4.69, 9.17) is 14.0 Å². The second-order valence-corrected chi connectivity index (χ2v) is 8.42. The van der Waals surface area contributed by atoms with Gasteiger partial charge in [-0.2, -0.15) is 0 Å². The summed E-state index contributed by atoms with van der Waals surface area (Å²) >= 11 is 0. The molecule has 0 atom stereocenters. The Morgan fingerprint density at radius 2 is 1.23 bits per heavy atom. The van der Waals surface area contributed by atoms with Gasteiger partial charge in [0, 0.05) is 34.5 Å². The van der Waals surface area contributed by atoms with Crippen molar-refractivity contribution in [2.75, 3.05) is 0 Å². The van der Waals surface area contributed by atoms with E-state index in [0.29, 0.717) is 0 Å². The maximum Gasteiger partial charge on any atom is 0 e. The van der Waals surface area contributed by atoms with Crippen LogP contribution in [0.2, 0.25) is 0 Å². The van der Waals surface area contributed by atoms with E-state index in [0.717, 1.165) is 5.57 Å². The maximum absolute atomic E-state index is 12.5. The fourth-order valence-electron chi connectivity index (χ4n) is 3.09. The summed E-state index contributed by atoms with van der Waals surface area (Å²) in [6.45, 7) is 28.7. The largest absolute Gasteiger partial charge is 0 e.